The van der Waals surface area contributed by atoms with E-state index in [0.717, 1.165) is 29.1 Å². The molecule has 170 valence electrons. The molecule has 2 aromatic heterocycles. The Morgan fingerprint density at radius 3 is 2.42 bits per heavy atom. The van der Waals surface area contributed by atoms with Crippen LogP contribution < -0.4 is 5.32 Å². The van der Waals surface area contributed by atoms with E-state index in [9.17, 15) is 26.4 Å². The summed E-state index contributed by atoms with van der Waals surface area (Å²) in [4.78, 5) is 19.1. The van der Waals surface area contributed by atoms with Gasteiger partial charge >= 0.3 is 6.18 Å². The van der Waals surface area contributed by atoms with Crippen LogP contribution in [0.25, 0.3) is 10.9 Å². The second-order valence-corrected chi connectivity index (χ2v) is 9.37. The first-order valence-corrected chi connectivity index (χ1v) is 11.3. The van der Waals surface area contributed by atoms with Gasteiger partial charge in [-0.1, -0.05) is 12.1 Å². The lowest BCUT2D eigenvalue weighted by Gasteiger charge is -2.12. The van der Waals surface area contributed by atoms with Crippen LogP contribution in [0, 0.1) is 6.92 Å². The molecule has 2 N–H and O–H groups in total. The molecule has 1 amide bonds. The smallest absolute Gasteiger partial charge is 0.350 e. The molecule has 0 aliphatic carbocycles. The number of hydrogen-bond donors (Lipinski definition) is 2. The number of aromatic nitrogens is 2. The third kappa shape index (κ3) is 4.61. The predicted molar refractivity (Wildman–Crippen MR) is 115 cm³/mol. The number of pyridine rings is 1. The fraction of sp³-hybridized carbons (Fsp3) is 0.130. The first-order chi connectivity index (χ1) is 15.6. The molecule has 2 heterocycles. The second kappa shape index (κ2) is 8.36. The quantitative estimate of drug-likeness (QED) is 0.441. The minimum Gasteiger partial charge on any atom is -0.350 e. The molecule has 0 aliphatic rings. The Hall–Kier alpha value is -3.66. The highest BCUT2D eigenvalue weighted by Gasteiger charge is 2.32. The van der Waals surface area contributed by atoms with E-state index < -0.39 is 21.6 Å². The largest absolute Gasteiger partial charge is 0.416 e. The number of aryl methyl sites for hydroxylation is 1. The summed E-state index contributed by atoms with van der Waals surface area (Å²) in [6, 6.07) is 11.8. The number of rotatable bonds is 5. The van der Waals surface area contributed by atoms with Crippen LogP contribution in [0.1, 0.15) is 27.2 Å². The Morgan fingerprint density at radius 1 is 1.06 bits per heavy atom. The SMILES string of the molecule is Cc1cc(C(F)(F)F)ccc1S(=O)(=O)c1ccc(CNC(=O)c2cc3cnccc3[nH]2)cc1. The highest BCUT2D eigenvalue weighted by molar-refractivity contribution is 7.91. The third-order valence-corrected chi connectivity index (χ3v) is 7.07. The molecule has 0 saturated carbocycles. The summed E-state index contributed by atoms with van der Waals surface area (Å²) in [6.07, 6.45) is -1.30. The summed E-state index contributed by atoms with van der Waals surface area (Å²) in [6.45, 7) is 1.48. The molecule has 0 spiro atoms. The minimum absolute atomic E-state index is 0.00898. The van der Waals surface area contributed by atoms with Gasteiger partial charge in [0, 0.05) is 29.8 Å². The van der Waals surface area contributed by atoms with Crippen LogP contribution in [-0.2, 0) is 22.6 Å². The van der Waals surface area contributed by atoms with Crippen molar-refractivity contribution >= 4 is 26.6 Å². The van der Waals surface area contributed by atoms with Crippen molar-refractivity contribution in [3.05, 3.63) is 89.4 Å². The molecule has 4 rings (SSSR count). The molecule has 0 radical (unpaired) electrons. The Balaban J connectivity index is 1.48. The number of nitrogens with one attached hydrogen (secondary N) is 2. The van der Waals surface area contributed by atoms with Gasteiger partial charge in [-0.25, -0.2) is 8.42 Å². The van der Waals surface area contributed by atoms with Crippen molar-refractivity contribution in [1.29, 1.82) is 0 Å². The minimum atomic E-state index is -4.55. The normalized spacial score (nSPS) is 12.1. The Morgan fingerprint density at radius 2 is 1.79 bits per heavy atom. The average molecular weight is 473 g/mol. The first kappa shape index (κ1) is 22.5. The van der Waals surface area contributed by atoms with Gasteiger partial charge in [-0.2, -0.15) is 13.2 Å². The zero-order valence-corrected chi connectivity index (χ0v) is 18.1. The Kier molecular flexibility index (Phi) is 5.71. The van der Waals surface area contributed by atoms with Crippen molar-refractivity contribution in [2.75, 3.05) is 0 Å². The highest BCUT2D eigenvalue weighted by atomic mass is 32.2. The van der Waals surface area contributed by atoms with Crippen molar-refractivity contribution in [2.45, 2.75) is 29.4 Å². The highest BCUT2D eigenvalue weighted by Crippen LogP contribution is 2.33. The van der Waals surface area contributed by atoms with Gasteiger partial charge < -0.3 is 10.3 Å². The third-order valence-electron chi connectivity index (χ3n) is 5.14. The van der Waals surface area contributed by atoms with Gasteiger partial charge in [0.25, 0.3) is 5.91 Å². The van der Waals surface area contributed by atoms with Crippen LogP contribution in [0.15, 0.2) is 76.8 Å². The van der Waals surface area contributed by atoms with Gasteiger partial charge in [-0.05, 0) is 60.5 Å². The van der Waals surface area contributed by atoms with Crippen LogP contribution in [0.5, 0.6) is 0 Å². The number of alkyl halides is 3. The van der Waals surface area contributed by atoms with E-state index in [1.807, 2.05) is 0 Å². The van der Waals surface area contributed by atoms with Crippen molar-refractivity contribution in [2.24, 2.45) is 0 Å². The van der Waals surface area contributed by atoms with Crippen molar-refractivity contribution in [3.63, 3.8) is 0 Å². The Bertz CT molecular complexity index is 1410. The zero-order chi connectivity index (χ0) is 23.8. The van der Waals surface area contributed by atoms with Gasteiger partial charge in [0.1, 0.15) is 5.69 Å². The number of amides is 1. The number of aromatic amines is 1. The van der Waals surface area contributed by atoms with Crippen molar-refractivity contribution in [1.82, 2.24) is 15.3 Å². The maximum absolute atomic E-state index is 12.9. The number of benzene rings is 2. The standard InChI is InChI=1S/C23H18F3N3O3S/c1-14-10-17(23(24,25)26)4-7-21(14)33(31,32)18-5-2-15(3-6-18)12-28-22(30)20-11-16-13-27-9-8-19(16)29-20/h2-11,13,29H,12H2,1H3,(H,28,30). The lowest BCUT2D eigenvalue weighted by Crippen LogP contribution is -2.23. The molecule has 6 nitrogen and oxygen atoms in total. The van der Waals surface area contributed by atoms with E-state index in [0.29, 0.717) is 11.3 Å². The lowest BCUT2D eigenvalue weighted by molar-refractivity contribution is -0.137. The number of hydrogen-bond acceptors (Lipinski definition) is 4. The number of nitrogens with zero attached hydrogens (tertiary/aromatic N) is 1. The van der Waals surface area contributed by atoms with Crippen molar-refractivity contribution < 1.29 is 26.4 Å². The van der Waals surface area contributed by atoms with E-state index in [1.165, 1.54) is 19.1 Å². The van der Waals surface area contributed by atoms with Crippen molar-refractivity contribution in [3.8, 4) is 0 Å². The van der Waals surface area contributed by atoms with Gasteiger partial charge in [0.15, 0.2) is 0 Å². The molecule has 10 heteroatoms. The summed E-state index contributed by atoms with van der Waals surface area (Å²) in [5.74, 6) is -0.330. The van der Waals surface area contributed by atoms with E-state index in [-0.39, 0.29) is 27.8 Å². The van der Waals surface area contributed by atoms with E-state index in [4.69, 9.17) is 0 Å². The van der Waals surface area contributed by atoms with Crippen LogP contribution in [0.3, 0.4) is 0 Å². The average Bonchev–Trinajstić information content (AvgIpc) is 3.21. The molecular formula is C23H18F3N3O3S. The Labute approximate surface area is 187 Å². The number of carbonyl (C=O) groups is 1. The summed E-state index contributed by atoms with van der Waals surface area (Å²) in [5.41, 5.74) is 0.911. The molecule has 2 aromatic carbocycles. The van der Waals surface area contributed by atoms with Gasteiger partial charge in [-0.3, -0.25) is 9.78 Å². The number of fused-ring (bicyclic) bond motifs is 1. The van der Waals surface area contributed by atoms with E-state index in [2.05, 4.69) is 15.3 Å². The number of sulfone groups is 1. The molecule has 0 bridgehead atoms. The summed E-state index contributed by atoms with van der Waals surface area (Å²) in [7, 11) is -4.00. The molecule has 0 atom stereocenters. The molecule has 33 heavy (non-hydrogen) atoms. The molecule has 0 unspecified atom stereocenters. The zero-order valence-electron chi connectivity index (χ0n) is 17.3. The summed E-state index contributed by atoms with van der Waals surface area (Å²) in [5, 5.41) is 3.55. The molecule has 4 aromatic rings. The number of carbonyl (C=O) groups excluding carboxylic acids is 1. The van der Waals surface area contributed by atoms with Gasteiger partial charge in [-0.15, -0.1) is 0 Å². The van der Waals surface area contributed by atoms with Crippen LogP contribution in [0.2, 0.25) is 0 Å². The molecule has 0 aliphatic heterocycles. The second-order valence-electron chi connectivity index (χ2n) is 7.45. The topological polar surface area (TPSA) is 91.9 Å². The van der Waals surface area contributed by atoms with Crippen LogP contribution in [0.4, 0.5) is 13.2 Å². The molecule has 0 saturated heterocycles. The predicted octanol–water partition coefficient (Wildman–Crippen LogP) is 4.65. The molecular weight excluding hydrogens is 455 g/mol. The van der Waals surface area contributed by atoms with Crippen LogP contribution in [-0.4, -0.2) is 24.3 Å². The summed E-state index contributed by atoms with van der Waals surface area (Å²) < 4.78 is 64.4. The summed E-state index contributed by atoms with van der Waals surface area (Å²) >= 11 is 0. The van der Waals surface area contributed by atoms with Gasteiger partial charge in [0.2, 0.25) is 9.84 Å². The molecule has 0 fully saturated rings. The van der Waals surface area contributed by atoms with Crippen LogP contribution >= 0.6 is 0 Å². The monoisotopic (exact) mass is 473 g/mol. The number of halogens is 3. The first-order valence-electron chi connectivity index (χ1n) is 9.78. The van der Waals surface area contributed by atoms with E-state index >= 15 is 0 Å². The maximum atomic E-state index is 12.9. The fourth-order valence-corrected chi connectivity index (χ4v) is 4.89. The van der Waals surface area contributed by atoms with E-state index in [1.54, 1.807) is 36.7 Å². The maximum Gasteiger partial charge on any atom is 0.416 e. The lowest BCUT2D eigenvalue weighted by atomic mass is 10.1. The van der Waals surface area contributed by atoms with Gasteiger partial charge in [0.05, 0.1) is 15.4 Å². The number of H-pyrrole nitrogens is 1. The fourth-order valence-electron chi connectivity index (χ4n) is 3.41.